The van der Waals surface area contributed by atoms with Crippen molar-refractivity contribution in [1.29, 1.82) is 0 Å². The standard InChI is InChI=1S/C23H21N5O2/c1-18-6-5-9-21(14-18)27(15-19-7-3-2-4-8-19)23(29)16-30-22-12-10-20(11-13-22)28-17-24-25-26-28/h2-14,17H,15-16H2,1H3. The molecule has 3 aromatic carbocycles. The van der Waals surface area contributed by atoms with E-state index in [1.807, 2.05) is 73.7 Å². The Balaban J connectivity index is 1.47. The van der Waals surface area contributed by atoms with Crippen molar-refractivity contribution < 1.29 is 9.53 Å². The van der Waals surface area contributed by atoms with Crippen molar-refractivity contribution >= 4 is 11.6 Å². The molecule has 0 saturated carbocycles. The second kappa shape index (κ2) is 9.00. The molecule has 0 unspecified atom stereocenters. The zero-order valence-electron chi connectivity index (χ0n) is 16.5. The summed E-state index contributed by atoms with van der Waals surface area (Å²) in [5.41, 5.74) is 3.81. The molecule has 30 heavy (non-hydrogen) atoms. The zero-order valence-corrected chi connectivity index (χ0v) is 16.5. The van der Waals surface area contributed by atoms with E-state index in [0.29, 0.717) is 12.3 Å². The fraction of sp³-hybridized carbons (Fsp3) is 0.130. The van der Waals surface area contributed by atoms with E-state index in [9.17, 15) is 4.79 Å². The summed E-state index contributed by atoms with van der Waals surface area (Å²) in [4.78, 5) is 14.8. The van der Waals surface area contributed by atoms with E-state index in [1.165, 1.54) is 6.33 Å². The number of carbonyl (C=O) groups excluding carboxylic acids is 1. The number of hydrogen-bond acceptors (Lipinski definition) is 5. The number of aromatic nitrogens is 4. The minimum absolute atomic E-state index is 0.0645. The minimum atomic E-state index is -0.117. The summed E-state index contributed by atoms with van der Waals surface area (Å²) < 4.78 is 7.31. The van der Waals surface area contributed by atoms with Crippen LogP contribution >= 0.6 is 0 Å². The third-order valence-corrected chi connectivity index (χ3v) is 4.61. The highest BCUT2D eigenvalue weighted by molar-refractivity contribution is 5.94. The van der Waals surface area contributed by atoms with Crippen molar-refractivity contribution in [2.24, 2.45) is 0 Å². The van der Waals surface area contributed by atoms with Crippen LogP contribution in [0.2, 0.25) is 0 Å². The summed E-state index contributed by atoms with van der Waals surface area (Å²) in [5, 5.41) is 11.1. The normalized spacial score (nSPS) is 10.6. The molecule has 0 N–H and O–H groups in total. The van der Waals surface area contributed by atoms with Gasteiger partial charge in [0.05, 0.1) is 12.2 Å². The summed E-state index contributed by atoms with van der Waals surface area (Å²) in [5.74, 6) is 0.484. The first-order chi connectivity index (χ1) is 14.7. The largest absolute Gasteiger partial charge is 0.484 e. The van der Waals surface area contributed by atoms with E-state index in [0.717, 1.165) is 22.5 Å². The molecule has 4 rings (SSSR count). The fourth-order valence-corrected chi connectivity index (χ4v) is 3.08. The maximum atomic E-state index is 13.1. The fourth-order valence-electron chi connectivity index (χ4n) is 3.08. The molecular formula is C23H21N5O2. The summed E-state index contributed by atoms with van der Waals surface area (Å²) in [7, 11) is 0. The molecule has 0 fully saturated rings. The smallest absolute Gasteiger partial charge is 0.265 e. The molecule has 0 spiro atoms. The first-order valence-corrected chi connectivity index (χ1v) is 9.56. The van der Waals surface area contributed by atoms with E-state index in [1.54, 1.807) is 21.7 Å². The highest BCUT2D eigenvalue weighted by Gasteiger charge is 2.17. The molecule has 1 amide bonds. The van der Waals surface area contributed by atoms with Crippen molar-refractivity contribution in [3.63, 3.8) is 0 Å². The quantitative estimate of drug-likeness (QED) is 0.475. The van der Waals surface area contributed by atoms with Crippen LogP contribution in [0.5, 0.6) is 5.75 Å². The van der Waals surface area contributed by atoms with Gasteiger partial charge in [0.25, 0.3) is 5.91 Å². The highest BCUT2D eigenvalue weighted by atomic mass is 16.5. The number of tetrazole rings is 1. The molecule has 0 bridgehead atoms. The van der Waals surface area contributed by atoms with Crippen LogP contribution in [0, 0.1) is 6.92 Å². The molecule has 0 aliphatic carbocycles. The number of anilines is 1. The number of rotatable bonds is 7. The van der Waals surface area contributed by atoms with Gasteiger partial charge in [0, 0.05) is 5.69 Å². The van der Waals surface area contributed by atoms with Crippen LogP contribution in [0.4, 0.5) is 5.69 Å². The first-order valence-electron chi connectivity index (χ1n) is 9.56. The Kier molecular flexibility index (Phi) is 5.80. The van der Waals surface area contributed by atoms with Gasteiger partial charge in [-0.05, 0) is 64.9 Å². The summed E-state index contributed by atoms with van der Waals surface area (Å²) >= 11 is 0. The Bertz CT molecular complexity index is 1100. The van der Waals surface area contributed by atoms with Crippen molar-refractivity contribution in [2.45, 2.75) is 13.5 Å². The number of carbonyl (C=O) groups is 1. The summed E-state index contributed by atoms with van der Waals surface area (Å²) in [6.07, 6.45) is 1.52. The second-order valence-electron chi connectivity index (χ2n) is 6.84. The number of ether oxygens (including phenoxy) is 1. The molecular weight excluding hydrogens is 378 g/mol. The Morgan fingerprint density at radius 1 is 1.00 bits per heavy atom. The van der Waals surface area contributed by atoms with Gasteiger partial charge < -0.3 is 9.64 Å². The van der Waals surface area contributed by atoms with Gasteiger partial charge in [-0.25, -0.2) is 4.68 Å². The SMILES string of the molecule is Cc1cccc(N(Cc2ccccc2)C(=O)COc2ccc(-n3cnnn3)cc2)c1. The zero-order chi connectivity index (χ0) is 20.8. The van der Waals surface area contributed by atoms with Gasteiger partial charge in [-0.1, -0.05) is 42.5 Å². The molecule has 7 heteroatoms. The van der Waals surface area contributed by atoms with E-state index in [4.69, 9.17) is 4.74 Å². The number of amides is 1. The lowest BCUT2D eigenvalue weighted by atomic mass is 10.1. The van der Waals surface area contributed by atoms with Gasteiger partial charge in [-0.3, -0.25) is 4.79 Å². The van der Waals surface area contributed by atoms with Crippen molar-refractivity contribution in [2.75, 3.05) is 11.5 Å². The minimum Gasteiger partial charge on any atom is -0.484 e. The van der Waals surface area contributed by atoms with Gasteiger partial charge in [-0.2, -0.15) is 0 Å². The number of nitrogens with zero attached hydrogens (tertiary/aromatic N) is 5. The average molecular weight is 399 g/mol. The molecule has 0 aliphatic heterocycles. The van der Waals surface area contributed by atoms with E-state index in [2.05, 4.69) is 15.5 Å². The van der Waals surface area contributed by atoms with E-state index >= 15 is 0 Å². The predicted octanol–water partition coefficient (Wildman–Crippen LogP) is 3.58. The second-order valence-corrected chi connectivity index (χ2v) is 6.84. The maximum Gasteiger partial charge on any atom is 0.265 e. The predicted molar refractivity (Wildman–Crippen MR) is 113 cm³/mol. The topological polar surface area (TPSA) is 73.1 Å². The lowest BCUT2D eigenvalue weighted by Gasteiger charge is -2.23. The van der Waals surface area contributed by atoms with Gasteiger partial charge in [0.1, 0.15) is 12.1 Å². The Labute approximate surface area is 174 Å². The van der Waals surface area contributed by atoms with Crippen molar-refractivity contribution in [3.05, 3.63) is 96.3 Å². The van der Waals surface area contributed by atoms with Crippen LogP contribution in [0.15, 0.2) is 85.2 Å². The number of hydrogen-bond donors (Lipinski definition) is 0. The van der Waals surface area contributed by atoms with Gasteiger partial charge in [-0.15, -0.1) is 5.10 Å². The highest BCUT2D eigenvalue weighted by Crippen LogP contribution is 2.20. The molecule has 0 radical (unpaired) electrons. The number of aryl methyl sites for hydroxylation is 1. The van der Waals surface area contributed by atoms with Gasteiger partial charge in [0.15, 0.2) is 6.61 Å². The molecule has 0 saturated heterocycles. The third kappa shape index (κ3) is 4.70. The molecule has 0 atom stereocenters. The van der Waals surface area contributed by atoms with Crippen LogP contribution in [0.3, 0.4) is 0 Å². The molecule has 1 aromatic heterocycles. The lowest BCUT2D eigenvalue weighted by Crippen LogP contribution is -2.34. The van der Waals surface area contributed by atoms with Crippen molar-refractivity contribution in [1.82, 2.24) is 20.2 Å². The van der Waals surface area contributed by atoms with Crippen LogP contribution in [0.1, 0.15) is 11.1 Å². The molecule has 4 aromatic rings. The first kappa shape index (κ1) is 19.3. The third-order valence-electron chi connectivity index (χ3n) is 4.61. The Morgan fingerprint density at radius 3 is 2.50 bits per heavy atom. The van der Waals surface area contributed by atoms with E-state index < -0.39 is 0 Å². The number of benzene rings is 3. The monoisotopic (exact) mass is 399 g/mol. The maximum absolute atomic E-state index is 13.1. The molecule has 1 heterocycles. The van der Waals surface area contributed by atoms with Crippen LogP contribution in [-0.4, -0.2) is 32.7 Å². The van der Waals surface area contributed by atoms with Crippen molar-refractivity contribution in [3.8, 4) is 11.4 Å². The Morgan fingerprint density at radius 2 is 1.80 bits per heavy atom. The molecule has 0 aliphatic rings. The van der Waals surface area contributed by atoms with Crippen LogP contribution in [0.25, 0.3) is 5.69 Å². The van der Waals surface area contributed by atoms with Crippen LogP contribution < -0.4 is 9.64 Å². The Hall–Kier alpha value is -4.00. The van der Waals surface area contributed by atoms with Gasteiger partial charge in [0.2, 0.25) is 0 Å². The van der Waals surface area contributed by atoms with E-state index in [-0.39, 0.29) is 12.5 Å². The summed E-state index contributed by atoms with van der Waals surface area (Å²) in [6.45, 7) is 2.42. The molecule has 7 nitrogen and oxygen atoms in total. The lowest BCUT2D eigenvalue weighted by molar-refractivity contribution is -0.120. The summed E-state index contributed by atoms with van der Waals surface area (Å²) in [6, 6.07) is 25.1. The van der Waals surface area contributed by atoms with Crippen LogP contribution in [-0.2, 0) is 11.3 Å². The average Bonchev–Trinajstić information content (AvgIpc) is 3.32. The molecule has 150 valence electrons. The van der Waals surface area contributed by atoms with Gasteiger partial charge >= 0.3 is 0 Å².